The van der Waals surface area contributed by atoms with Crippen LogP contribution in [0.15, 0.2) is 12.4 Å². The van der Waals surface area contributed by atoms with Gasteiger partial charge in [0.25, 0.3) is 0 Å². The predicted octanol–water partition coefficient (Wildman–Crippen LogP) is 0.594. The van der Waals surface area contributed by atoms with E-state index in [-0.39, 0.29) is 25.7 Å². The minimum absolute atomic E-state index is 0.102. The maximum Gasteiger partial charge on any atom is 0.325 e. The van der Waals surface area contributed by atoms with Gasteiger partial charge in [0.1, 0.15) is 6.54 Å². The second-order valence-corrected chi connectivity index (χ2v) is 4.31. The Kier molecular flexibility index (Phi) is 6.51. The number of aromatic nitrogens is 2. The number of amides is 2. The SMILES string of the molecule is CCCCN(CCO)C(=O)Nc1cnn(CC(=O)O)c1. The summed E-state index contributed by atoms with van der Waals surface area (Å²) in [6, 6.07) is -0.331. The molecule has 3 N–H and O–H groups in total. The van der Waals surface area contributed by atoms with E-state index in [4.69, 9.17) is 10.2 Å². The first-order valence-corrected chi connectivity index (χ1v) is 6.47. The van der Waals surface area contributed by atoms with Gasteiger partial charge in [-0.25, -0.2) is 4.79 Å². The number of aliphatic hydroxyl groups excluding tert-OH is 1. The van der Waals surface area contributed by atoms with Crippen molar-refractivity contribution in [2.45, 2.75) is 26.3 Å². The summed E-state index contributed by atoms with van der Waals surface area (Å²) >= 11 is 0. The third-order valence-electron chi connectivity index (χ3n) is 2.62. The van der Waals surface area contributed by atoms with Crippen LogP contribution in [0.5, 0.6) is 0 Å². The molecule has 8 heteroatoms. The van der Waals surface area contributed by atoms with E-state index >= 15 is 0 Å². The molecule has 0 fully saturated rings. The highest BCUT2D eigenvalue weighted by Crippen LogP contribution is 2.07. The second kappa shape index (κ2) is 8.16. The number of carboxylic acids is 1. The molecular weight excluding hydrogens is 264 g/mol. The van der Waals surface area contributed by atoms with Crippen LogP contribution in [0.1, 0.15) is 19.8 Å². The lowest BCUT2D eigenvalue weighted by Crippen LogP contribution is -2.37. The molecule has 0 saturated carbocycles. The minimum Gasteiger partial charge on any atom is -0.480 e. The first kappa shape index (κ1) is 16.0. The van der Waals surface area contributed by atoms with Crippen LogP contribution in [0.4, 0.5) is 10.5 Å². The molecule has 1 aromatic heterocycles. The van der Waals surface area contributed by atoms with Gasteiger partial charge in [-0.1, -0.05) is 13.3 Å². The van der Waals surface area contributed by atoms with Crippen molar-refractivity contribution in [3.8, 4) is 0 Å². The van der Waals surface area contributed by atoms with Crippen LogP contribution in [0.2, 0.25) is 0 Å². The molecule has 1 heterocycles. The highest BCUT2D eigenvalue weighted by Gasteiger charge is 2.13. The monoisotopic (exact) mass is 284 g/mol. The fourth-order valence-corrected chi connectivity index (χ4v) is 1.64. The maximum atomic E-state index is 12.0. The van der Waals surface area contributed by atoms with Crippen molar-refractivity contribution in [3.63, 3.8) is 0 Å². The van der Waals surface area contributed by atoms with Crippen LogP contribution in [0.25, 0.3) is 0 Å². The summed E-state index contributed by atoms with van der Waals surface area (Å²) < 4.78 is 1.22. The topological polar surface area (TPSA) is 108 Å². The van der Waals surface area contributed by atoms with Crippen LogP contribution >= 0.6 is 0 Å². The number of carbonyl (C=O) groups excluding carboxylic acids is 1. The summed E-state index contributed by atoms with van der Waals surface area (Å²) in [6.45, 7) is 2.48. The molecule has 0 saturated heterocycles. The standard InChI is InChI=1S/C12H20N4O4/c1-2-3-4-15(5-6-17)12(20)14-10-7-13-16(8-10)9-11(18)19/h7-8,17H,2-6,9H2,1H3,(H,14,20)(H,18,19). The van der Waals surface area contributed by atoms with Gasteiger partial charge in [-0.05, 0) is 6.42 Å². The molecule has 0 aliphatic rings. The van der Waals surface area contributed by atoms with Crippen LogP contribution < -0.4 is 5.32 Å². The zero-order valence-electron chi connectivity index (χ0n) is 11.4. The number of rotatable bonds is 8. The van der Waals surface area contributed by atoms with Crippen LogP contribution in [-0.4, -0.2) is 56.6 Å². The van der Waals surface area contributed by atoms with Gasteiger partial charge in [-0.2, -0.15) is 5.10 Å². The summed E-state index contributed by atoms with van der Waals surface area (Å²) in [5, 5.41) is 24.0. The summed E-state index contributed by atoms with van der Waals surface area (Å²) in [7, 11) is 0. The predicted molar refractivity (Wildman–Crippen MR) is 72.4 cm³/mol. The first-order valence-electron chi connectivity index (χ1n) is 6.47. The van der Waals surface area contributed by atoms with Gasteiger partial charge in [0, 0.05) is 19.3 Å². The number of anilines is 1. The van der Waals surface area contributed by atoms with E-state index in [2.05, 4.69) is 10.4 Å². The molecule has 1 rings (SSSR count). The Bertz CT molecular complexity index is 446. The van der Waals surface area contributed by atoms with Crippen molar-refractivity contribution in [2.24, 2.45) is 0 Å². The highest BCUT2D eigenvalue weighted by atomic mass is 16.4. The van der Waals surface area contributed by atoms with Crippen LogP contribution in [-0.2, 0) is 11.3 Å². The molecule has 8 nitrogen and oxygen atoms in total. The molecule has 0 aliphatic carbocycles. The Morgan fingerprint density at radius 3 is 2.80 bits per heavy atom. The van der Waals surface area contributed by atoms with Gasteiger partial charge in [0.15, 0.2) is 0 Å². The van der Waals surface area contributed by atoms with Crippen molar-refractivity contribution < 1.29 is 19.8 Å². The van der Waals surface area contributed by atoms with Gasteiger partial charge in [-0.15, -0.1) is 0 Å². The third kappa shape index (κ3) is 5.27. The molecule has 20 heavy (non-hydrogen) atoms. The van der Waals surface area contributed by atoms with Gasteiger partial charge >= 0.3 is 12.0 Å². The van der Waals surface area contributed by atoms with E-state index in [0.717, 1.165) is 12.8 Å². The molecule has 0 bridgehead atoms. The lowest BCUT2D eigenvalue weighted by atomic mass is 10.3. The second-order valence-electron chi connectivity index (χ2n) is 4.31. The number of unbranched alkanes of at least 4 members (excludes halogenated alkanes) is 1. The third-order valence-corrected chi connectivity index (χ3v) is 2.62. The van der Waals surface area contributed by atoms with Crippen molar-refractivity contribution in [3.05, 3.63) is 12.4 Å². The maximum absolute atomic E-state index is 12.0. The normalized spacial score (nSPS) is 10.3. The number of carbonyl (C=O) groups is 2. The quantitative estimate of drug-likeness (QED) is 0.647. The molecular formula is C12H20N4O4. The molecule has 0 spiro atoms. The van der Waals surface area contributed by atoms with Gasteiger partial charge in [0.05, 0.1) is 18.5 Å². The Hall–Kier alpha value is -2.09. The molecule has 1 aromatic rings. The number of hydrogen-bond donors (Lipinski definition) is 3. The number of aliphatic carboxylic acids is 1. The first-order chi connectivity index (χ1) is 9.56. The van der Waals surface area contributed by atoms with Crippen molar-refractivity contribution in [2.75, 3.05) is 25.0 Å². The fourth-order valence-electron chi connectivity index (χ4n) is 1.64. The van der Waals surface area contributed by atoms with Crippen molar-refractivity contribution in [1.29, 1.82) is 0 Å². The van der Waals surface area contributed by atoms with Gasteiger partial charge in [0.2, 0.25) is 0 Å². The number of hydrogen-bond acceptors (Lipinski definition) is 4. The van der Waals surface area contributed by atoms with E-state index in [1.54, 1.807) is 0 Å². The van der Waals surface area contributed by atoms with Gasteiger partial charge in [-0.3, -0.25) is 9.48 Å². The molecule has 0 unspecified atom stereocenters. The lowest BCUT2D eigenvalue weighted by molar-refractivity contribution is -0.137. The van der Waals surface area contributed by atoms with Crippen molar-refractivity contribution in [1.82, 2.24) is 14.7 Å². The molecule has 112 valence electrons. The van der Waals surface area contributed by atoms with Gasteiger partial charge < -0.3 is 20.4 Å². The van der Waals surface area contributed by atoms with Crippen LogP contribution in [0, 0.1) is 0 Å². The van der Waals surface area contributed by atoms with E-state index in [9.17, 15) is 9.59 Å². The molecule has 0 aliphatic heterocycles. The smallest absolute Gasteiger partial charge is 0.325 e. The molecule has 2 amide bonds. The van der Waals surface area contributed by atoms with E-state index in [1.165, 1.54) is 22.0 Å². The lowest BCUT2D eigenvalue weighted by Gasteiger charge is -2.21. The van der Waals surface area contributed by atoms with E-state index < -0.39 is 5.97 Å². The van der Waals surface area contributed by atoms with Crippen LogP contribution in [0.3, 0.4) is 0 Å². The Labute approximate surface area is 117 Å². The van der Waals surface area contributed by atoms with E-state index in [0.29, 0.717) is 12.2 Å². The van der Waals surface area contributed by atoms with E-state index in [1.807, 2.05) is 6.92 Å². The zero-order valence-corrected chi connectivity index (χ0v) is 11.4. The summed E-state index contributed by atoms with van der Waals surface area (Å²) in [6.07, 6.45) is 4.64. The average Bonchev–Trinajstić information content (AvgIpc) is 2.80. The number of carboxylic acid groups (broad SMARTS) is 1. The summed E-state index contributed by atoms with van der Waals surface area (Å²) in [5.41, 5.74) is 0.427. The fraction of sp³-hybridized carbons (Fsp3) is 0.583. The molecule has 0 radical (unpaired) electrons. The largest absolute Gasteiger partial charge is 0.480 e. The minimum atomic E-state index is -1.00. The molecule has 0 aromatic carbocycles. The number of nitrogens with zero attached hydrogens (tertiary/aromatic N) is 3. The Balaban J connectivity index is 2.57. The summed E-state index contributed by atoms with van der Waals surface area (Å²) in [5.74, 6) is -1.00. The highest BCUT2D eigenvalue weighted by molar-refractivity contribution is 5.89. The number of urea groups is 1. The van der Waals surface area contributed by atoms with Crippen molar-refractivity contribution >= 4 is 17.7 Å². The molecule has 0 atom stereocenters. The summed E-state index contributed by atoms with van der Waals surface area (Å²) in [4.78, 5) is 24.0. The Morgan fingerprint density at radius 2 is 2.20 bits per heavy atom. The number of aliphatic hydroxyl groups is 1. The zero-order chi connectivity index (χ0) is 15.0. The number of nitrogens with one attached hydrogen (secondary N) is 1. The average molecular weight is 284 g/mol. The Morgan fingerprint density at radius 1 is 1.45 bits per heavy atom.